The van der Waals surface area contributed by atoms with Gasteiger partial charge in [0.25, 0.3) is 11.8 Å². The quantitative estimate of drug-likeness (QED) is 0.523. The van der Waals surface area contributed by atoms with Crippen molar-refractivity contribution >= 4 is 11.5 Å². The van der Waals surface area contributed by atoms with E-state index in [1.54, 1.807) is 4.90 Å². The molecule has 0 aromatic carbocycles. The molecule has 1 saturated heterocycles. The second-order valence-corrected chi connectivity index (χ2v) is 8.51. The van der Waals surface area contributed by atoms with Gasteiger partial charge < -0.3 is 20.2 Å². The van der Waals surface area contributed by atoms with Gasteiger partial charge in [0.05, 0.1) is 5.69 Å². The molecule has 0 saturated carbocycles. The van der Waals surface area contributed by atoms with Gasteiger partial charge in [0.1, 0.15) is 11.4 Å². The van der Waals surface area contributed by atoms with Crippen LogP contribution in [0.25, 0.3) is 11.6 Å². The number of nitrogens with two attached hydrogens (primary N) is 1. The van der Waals surface area contributed by atoms with Crippen LogP contribution in [0.2, 0.25) is 0 Å². The van der Waals surface area contributed by atoms with Gasteiger partial charge in [-0.3, -0.25) is 0 Å². The molecule has 2 atom stereocenters. The summed E-state index contributed by atoms with van der Waals surface area (Å²) in [6.07, 6.45) is -6.95. The van der Waals surface area contributed by atoms with Crippen LogP contribution in [0.5, 0.6) is 0 Å². The van der Waals surface area contributed by atoms with Crippen LogP contribution in [0.1, 0.15) is 62.8 Å². The Labute approximate surface area is 185 Å². The van der Waals surface area contributed by atoms with Crippen molar-refractivity contribution in [2.45, 2.75) is 75.4 Å². The third kappa shape index (κ3) is 4.34. The topological polar surface area (TPSA) is 101 Å². The lowest BCUT2D eigenvalue weighted by Crippen LogP contribution is -2.42. The first kappa shape index (κ1) is 23.6. The van der Waals surface area contributed by atoms with E-state index in [-0.39, 0.29) is 24.0 Å². The summed E-state index contributed by atoms with van der Waals surface area (Å²) in [4.78, 5) is 5.65. The number of fused-ring (bicyclic) bond motifs is 7. The normalized spacial score (nSPS) is 24.8. The lowest BCUT2D eigenvalue weighted by molar-refractivity contribution is -0.277. The Bertz CT molecular complexity index is 1010. The number of rotatable bonds is 0. The molecule has 2 aliphatic rings. The molecule has 4 heterocycles. The average molecular weight is 479 g/mol. The summed E-state index contributed by atoms with van der Waals surface area (Å²) in [6, 6.07) is 0.496. The average Bonchev–Trinajstić information content (AvgIpc) is 3.38. The van der Waals surface area contributed by atoms with E-state index in [0.717, 1.165) is 0 Å². The van der Waals surface area contributed by atoms with Crippen molar-refractivity contribution in [1.82, 2.24) is 15.2 Å². The fourth-order valence-electron chi connectivity index (χ4n) is 4.50. The first-order chi connectivity index (χ1) is 15.4. The van der Waals surface area contributed by atoms with Gasteiger partial charge in [-0.05, 0) is 38.2 Å². The van der Waals surface area contributed by atoms with Crippen molar-refractivity contribution in [1.29, 1.82) is 0 Å². The number of aromatic nitrogens is 3. The second kappa shape index (κ2) is 8.33. The molecule has 2 aromatic heterocycles. The van der Waals surface area contributed by atoms with Gasteiger partial charge >= 0.3 is 12.4 Å². The van der Waals surface area contributed by atoms with Gasteiger partial charge in [0, 0.05) is 12.6 Å². The van der Waals surface area contributed by atoms with Crippen molar-refractivity contribution in [3.05, 3.63) is 17.5 Å². The van der Waals surface area contributed by atoms with Crippen LogP contribution in [-0.4, -0.2) is 39.1 Å². The Morgan fingerprint density at radius 3 is 2.42 bits per heavy atom. The van der Waals surface area contributed by atoms with E-state index in [0.29, 0.717) is 51.1 Å². The Morgan fingerprint density at radius 2 is 1.73 bits per heavy atom. The van der Waals surface area contributed by atoms with E-state index in [1.807, 2.05) is 0 Å². The monoisotopic (exact) mass is 479 g/mol. The van der Waals surface area contributed by atoms with Crippen molar-refractivity contribution in [2.24, 2.45) is 0 Å². The Hall–Kier alpha value is -2.57. The van der Waals surface area contributed by atoms with E-state index < -0.39 is 47.4 Å². The molecule has 0 unspecified atom stereocenters. The number of hydrogen-bond donors (Lipinski definition) is 2. The number of halogens is 6. The minimum atomic E-state index is -5.10. The highest BCUT2D eigenvalue weighted by Gasteiger charge is 2.58. The lowest BCUT2D eigenvalue weighted by Gasteiger charge is -2.29. The highest BCUT2D eigenvalue weighted by atomic mass is 19.4. The summed E-state index contributed by atoms with van der Waals surface area (Å²) in [6.45, 7) is 0.354. The van der Waals surface area contributed by atoms with Gasteiger partial charge in [-0.15, -0.1) is 10.2 Å². The molecule has 33 heavy (non-hydrogen) atoms. The third-order valence-corrected chi connectivity index (χ3v) is 6.26. The number of nitrogen functional groups attached to an aromatic ring is 1. The SMILES string of the molecule is Nc1cc(C(F)(F)F)c2nc1-c1nnc(o1)[C@](O)(C(F)(F)F)CCCCCC[C@H]1CCCN21. The van der Waals surface area contributed by atoms with Crippen LogP contribution in [0.3, 0.4) is 0 Å². The molecule has 4 rings (SSSR count). The van der Waals surface area contributed by atoms with E-state index in [9.17, 15) is 31.4 Å². The fraction of sp³-hybridized carbons (Fsp3) is 0.650. The molecular weight excluding hydrogens is 456 g/mol. The summed E-state index contributed by atoms with van der Waals surface area (Å²) >= 11 is 0. The van der Waals surface area contributed by atoms with Crippen molar-refractivity contribution < 1.29 is 35.9 Å². The summed E-state index contributed by atoms with van der Waals surface area (Å²) in [5.41, 5.74) is 0.533. The number of anilines is 2. The lowest BCUT2D eigenvalue weighted by atomic mass is 9.94. The van der Waals surface area contributed by atoms with Crippen LogP contribution in [0.15, 0.2) is 10.5 Å². The molecule has 13 heteroatoms. The first-order valence-corrected chi connectivity index (χ1v) is 10.7. The van der Waals surface area contributed by atoms with Crippen LogP contribution >= 0.6 is 0 Å². The molecule has 1 fully saturated rings. The van der Waals surface area contributed by atoms with E-state index in [4.69, 9.17) is 10.2 Å². The summed E-state index contributed by atoms with van der Waals surface area (Å²) in [5.74, 6) is -2.05. The minimum Gasteiger partial charge on any atom is -0.416 e. The molecular formula is C20H23F6N5O2. The number of pyridine rings is 1. The number of nitrogens with zero attached hydrogens (tertiary/aromatic N) is 4. The zero-order chi connectivity index (χ0) is 24.0. The van der Waals surface area contributed by atoms with Crippen molar-refractivity contribution in [2.75, 3.05) is 17.2 Å². The number of alkyl halides is 6. The van der Waals surface area contributed by atoms with Crippen LogP contribution in [0, 0.1) is 0 Å². The first-order valence-electron chi connectivity index (χ1n) is 10.7. The molecule has 0 amide bonds. The van der Waals surface area contributed by atoms with Gasteiger partial charge in [-0.1, -0.05) is 19.3 Å². The summed E-state index contributed by atoms with van der Waals surface area (Å²) in [5, 5.41) is 17.3. The van der Waals surface area contributed by atoms with Crippen molar-refractivity contribution in [3.8, 4) is 11.6 Å². The van der Waals surface area contributed by atoms with Crippen LogP contribution in [-0.2, 0) is 11.8 Å². The molecule has 4 bridgehead atoms. The summed E-state index contributed by atoms with van der Waals surface area (Å²) in [7, 11) is 0. The Balaban J connectivity index is 1.88. The number of hydrogen-bond acceptors (Lipinski definition) is 7. The molecule has 3 N–H and O–H groups in total. The molecule has 2 aliphatic heterocycles. The molecule has 0 spiro atoms. The van der Waals surface area contributed by atoms with Gasteiger partial charge in [-0.2, -0.15) is 26.3 Å². The second-order valence-electron chi connectivity index (χ2n) is 8.51. The zero-order valence-electron chi connectivity index (χ0n) is 17.5. The molecule has 0 aliphatic carbocycles. The number of aliphatic hydroxyl groups is 1. The predicted octanol–water partition coefficient (Wildman–Crippen LogP) is 4.81. The standard InChI is InChI=1S/C20H23F6N5O2/c21-19(22,23)12-10-13(27)14-16-29-30-17(33-16)18(32,20(24,25)26)8-4-2-1-3-6-11-7-5-9-31(11)15(12)28-14/h10-11,32H,1-9,27H2/t11-,18-/m0/s1. The van der Waals surface area contributed by atoms with Crippen molar-refractivity contribution in [3.63, 3.8) is 0 Å². The minimum absolute atomic E-state index is 0.0501. The molecule has 2 aromatic rings. The fourth-order valence-corrected chi connectivity index (χ4v) is 4.50. The predicted molar refractivity (Wildman–Crippen MR) is 105 cm³/mol. The maximum Gasteiger partial charge on any atom is 0.426 e. The Morgan fingerprint density at radius 1 is 1.03 bits per heavy atom. The molecule has 182 valence electrons. The van der Waals surface area contributed by atoms with Crippen LogP contribution in [0.4, 0.5) is 37.8 Å². The smallest absolute Gasteiger partial charge is 0.416 e. The largest absolute Gasteiger partial charge is 0.426 e. The van der Waals surface area contributed by atoms with E-state index >= 15 is 0 Å². The molecule has 0 radical (unpaired) electrons. The van der Waals surface area contributed by atoms with Gasteiger partial charge in [0.2, 0.25) is 5.60 Å². The highest BCUT2D eigenvalue weighted by molar-refractivity contribution is 5.71. The maximum atomic E-state index is 13.8. The summed E-state index contributed by atoms with van der Waals surface area (Å²) < 4.78 is 87.7. The Kier molecular flexibility index (Phi) is 5.95. The van der Waals surface area contributed by atoms with Crippen LogP contribution < -0.4 is 10.6 Å². The molecule has 7 nitrogen and oxygen atoms in total. The van der Waals surface area contributed by atoms with Gasteiger partial charge in [0.15, 0.2) is 5.69 Å². The third-order valence-electron chi connectivity index (χ3n) is 6.26. The maximum absolute atomic E-state index is 13.8. The van der Waals surface area contributed by atoms with Gasteiger partial charge in [-0.25, -0.2) is 4.98 Å². The van der Waals surface area contributed by atoms with E-state index in [1.165, 1.54) is 0 Å². The zero-order valence-corrected chi connectivity index (χ0v) is 17.5. The van der Waals surface area contributed by atoms with E-state index in [2.05, 4.69) is 15.2 Å². The highest BCUT2D eigenvalue weighted by Crippen LogP contribution is 2.45.